The topological polar surface area (TPSA) is 140 Å². The summed E-state index contributed by atoms with van der Waals surface area (Å²) in [4.78, 5) is 28.7. The number of amides is 1. The van der Waals surface area contributed by atoms with Gasteiger partial charge in [-0.1, -0.05) is 18.2 Å². The van der Waals surface area contributed by atoms with Gasteiger partial charge in [-0.05, 0) is 69.0 Å². The number of pyridine rings is 1. The second-order valence-corrected chi connectivity index (χ2v) is 12.3. The van der Waals surface area contributed by atoms with Gasteiger partial charge in [0.2, 0.25) is 5.95 Å². The monoisotopic (exact) mass is 705 g/mol. The molecule has 0 unspecified atom stereocenters. The molecule has 0 bridgehead atoms. The van der Waals surface area contributed by atoms with Crippen molar-refractivity contribution in [3.63, 3.8) is 0 Å². The van der Waals surface area contributed by atoms with Gasteiger partial charge in [0.1, 0.15) is 34.3 Å². The minimum atomic E-state index is -4.32. The van der Waals surface area contributed by atoms with Crippen molar-refractivity contribution in [2.45, 2.75) is 17.4 Å². The SMILES string of the molecule is COC(=O)[C@H](Cc1ccc(Br)c2nsnc12)NC(=O)c1c(F)cc(NS(=O)(=O)c2ccc(-c3ccnc(F)c3)cc2)cc1F. The van der Waals surface area contributed by atoms with Gasteiger partial charge in [-0.25, -0.2) is 27.0 Å². The number of sulfonamides is 1. The van der Waals surface area contributed by atoms with E-state index < -0.39 is 56.8 Å². The molecule has 1 amide bonds. The average molecular weight is 707 g/mol. The number of benzene rings is 3. The third-order valence-corrected chi connectivity index (χ3v) is 8.98. The Balaban J connectivity index is 1.34. The zero-order valence-electron chi connectivity index (χ0n) is 22.3. The van der Waals surface area contributed by atoms with Crippen LogP contribution in [0.5, 0.6) is 0 Å². The number of fused-ring (bicyclic) bond motifs is 1. The predicted molar refractivity (Wildman–Crippen MR) is 159 cm³/mol. The molecule has 2 aromatic heterocycles. The van der Waals surface area contributed by atoms with Crippen LogP contribution in [0.4, 0.5) is 18.9 Å². The summed E-state index contributed by atoms with van der Waals surface area (Å²) in [6.45, 7) is 0. The number of carbonyl (C=O) groups is 2. The molecule has 16 heteroatoms. The van der Waals surface area contributed by atoms with Crippen LogP contribution in [0, 0.1) is 17.6 Å². The smallest absolute Gasteiger partial charge is 0.328 e. The number of anilines is 1. The Labute approximate surface area is 260 Å². The maximum Gasteiger partial charge on any atom is 0.328 e. The number of nitrogens with one attached hydrogen (secondary N) is 2. The Bertz CT molecular complexity index is 1990. The lowest BCUT2D eigenvalue weighted by molar-refractivity contribution is -0.142. The van der Waals surface area contributed by atoms with Gasteiger partial charge in [0.25, 0.3) is 15.9 Å². The van der Waals surface area contributed by atoms with Crippen molar-refractivity contribution in [3.8, 4) is 11.1 Å². The van der Waals surface area contributed by atoms with Crippen molar-refractivity contribution in [3.05, 3.63) is 100 Å². The first-order valence-electron chi connectivity index (χ1n) is 12.5. The summed E-state index contributed by atoms with van der Waals surface area (Å²) >= 11 is 4.30. The highest BCUT2D eigenvalue weighted by atomic mass is 79.9. The number of esters is 1. The van der Waals surface area contributed by atoms with E-state index in [9.17, 15) is 22.4 Å². The van der Waals surface area contributed by atoms with Crippen LogP contribution < -0.4 is 10.0 Å². The average Bonchev–Trinajstić information content (AvgIpc) is 3.49. The quantitative estimate of drug-likeness (QED) is 0.157. The summed E-state index contributed by atoms with van der Waals surface area (Å²) in [5, 5.41) is 2.29. The highest BCUT2D eigenvalue weighted by molar-refractivity contribution is 9.10. The van der Waals surface area contributed by atoms with Crippen LogP contribution in [0.1, 0.15) is 15.9 Å². The van der Waals surface area contributed by atoms with Gasteiger partial charge in [-0.15, -0.1) is 0 Å². The van der Waals surface area contributed by atoms with E-state index >= 15 is 8.78 Å². The summed E-state index contributed by atoms with van der Waals surface area (Å²) in [6, 6.07) is 11.3. The number of halogens is 4. The number of methoxy groups -OCH3 is 1. The second kappa shape index (κ2) is 12.7. The Kier molecular flexibility index (Phi) is 8.94. The molecule has 0 saturated carbocycles. The lowest BCUT2D eigenvalue weighted by Gasteiger charge is -2.18. The molecule has 0 saturated heterocycles. The van der Waals surface area contributed by atoms with Crippen LogP contribution in [-0.2, 0) is 26.0 Å². The van der Waals surface area contributed by atoms with Crippen LogP contribution in [0.15, 0.2) is 76.2 Å². The molecule has 0 radical (unpaired) electrons. The van der Waals surface area contributed by atoms with Crippen molar-refractivity contribution < 1.29 is 35.9 Å². The third kappa shape index (κ3) is 6.56. The number of rotatable bonds is 9. The van der Waals surface area contributed by atoms with E-state index in [0.717, 1.165) is 18.8 Å². The van der Waals surface area contributed by atoms with E-state index in [4.69, 9.17) is 4.74 Å². The molecule has 2 N–H and O–H groups in total. The standard InChI is InChI=1S/C28H19BrF3N5O5S2/c1-42-28(39)22(10-16-4-7-19(29)26-25(16)35-43-36-26)34-27(38)24-20(30)12-17(13-21(24)31)37-44(40,41)18-5-2-14(3-6-18)15-8-9-33-23(32)11-15/h2-9,11-13,22,37H,10H2,1H3,(H,34,38)/t22-/m0/s1. The lowest BCUT2D eigenvalue weighted by Crippen LogP contribution is -2.43. The van der Waals surface area contributed by atoms with Crippen molar-refractivity contribution in [2.24, 2.45) is 0 Å². The van der Waals surface area contributed by atoms with Crippen molar-refractivity contribution in [1.29, 1.82) is 0 Å². The number of ether oxygens (including phenoxy) is 1. The number of nitrogens with zero attached hydrogens (tertiary/aromatic N) is 3. The van der Waals surface area contributed by atoms with Crippen LogP contribution in [0.25, 0.3) is 22.2 Å². The van der Waals surface area contributed by atoms with Gasteiger partial charge in [-0.2, -0.15) is 13.1 Å². The molecule has 0 aliphatic rings. The normalized spacial score (nSPS) is 12.1. The molecule has 0 fully saturated rings. The summed E-state index contributed by atoms with van der Waals surface area (Å²) in [7, 11) is -3.22. The van der Waals surface area contributed by atoms with E-state index in [1.165, 1.54) is 36.5 Å². The molecule has 44 heavy (non-hydrogen) atoms. The molecular weight excluding hydrogens is 687 g/mol. The summed E-state index contributed by atoms with van der Waals surface area (Å²) in [5.74, 6) is -5.61. The molecule has 10 nitrogen and oxygen atoms in total. The van der Waals surface area contributed by atoms with E-state index in [0.29, 0.717) is 44.3 Å². The van der Waals surface area contributed by atoms with E-state index in [2.05, 4.69) is 39.7 Å². The Morgan fingerprint density at radius 3 is 2.30 bits per heavy atom. The minimum Gasteiger partial charge on any atom is -0.467 e. The van der Waals surface area contributed by atoms with E-state index in [1.807, 2.05) is 0 Å². The maximum atomic E-state index is 15.1. The first-order chi connectivity index (χ1) is 21.0. The molecular formula is C28H19BrF3N5O5S2. The number of carbonyl (C=O) groups excluding carboxylic acids is 2. The maximum absolute atomic E-state index is 15.1. The molecule has 5 aromatic rings. The predicted octanol–water partition coefficient (Wildman–Crippen LogP) is 5.25. The highest BCUT2D eigenvalue weighted by Crippen LogP contribution is 2.27. The molecule has 0 spiro atoms. The van der Waals surface area contributed by atoms with Crippen molar-refractivity contribution >= 4 is 66.3 Å². The van der Waals surface area contributed by atoms with E-state index in [1.54, 1.807) is 18.2 Å². The molecule has 2 heterocycles. The molecule has 0 aliphatic heterocycles. The first-order valence-corrected chi connectivity index (χ1v) is 15.5. The molecule has 1 atom stereocenters. The molecule has 0 aliphatic carbocycles. The number of hydrogen-bond acceptors (Lipinski definition) is 9. The van der Waals surface area contributed by atoms with Gasteiger partial charge in [0.15, 0.2) is 0 Å². The van der Waals surface area contributed by atoms with Crippen LogP contribution in [0.2, 0.25) is 0 Å². The second-order valence-electron chi connectivity index (χ2n) is 9.23. The largest absolute Gasteiger partial charge is 0.467 e. The molecule has 226 valence electrons. The highest BCUT2D eigenvalue weighted by Gasteiger charge is 2.28. The third-order valence-electron chi connectivity index (χ3n) is 6.41. The molecule has 5 rings (SSSR count). The van der Waals surface area contributed by atoms with Gasteiger partial charge in [0.05, 0.1) is 29.4 Å². The van der Waals surface area contributed by atoms with Gasteiger partial charge in [-0.3, -0.25) is 9.52 Å². The number of aromatic nitrogens is 3. The Morgan fingerprint density at radius 1 is 0.955 bits per heavy atom. The van der Waals surface area contributed by atoms with Crippen LogP contribution in [-0.4, -0.2) is 47.2 Å². The summed E-state index contributed by atoms with van der Waals surface area (Å²) in [6.07, 6.45) is 1.14. The lowest BCUT2D eigenvalue weighted by atomic mass is 10.0. The minimum absolute atomic E-state index is 0.121. The fourth-order valence-corrected chi connectivity index (χ4v) is 6.47. The summed E-state index contributed by atoms with van der Waals surface area (Å²) < 4.78 is 85.3. The van der Waals surface area contributed by atoms with Gasteiger partial charge < -0.3 is 10.1 Å². The molecule has 3 aromatic carbocycles. The zero-order valence-corrected chi connectivity index (χ0v) is 25.6. The Morgan fingerprint density at radius 2 is 1.64 bits per heavy atom. The number of hydrogen-bond donors (Lipinski definition) is 2. The summed E-state index contributed by atoms with van der Waals surface area (Å²) in [5.41, 5.74) is 0.990. The Hall–Kier alpha value is -4.41. The first kappa shape index (κ1) is 31.0. The zero-order chi connectivity index (χ0) is 31.6. The fraction of sp³-hybridized carbons (Fsp3) is 0.107. The fourth-order valence-electron chi connectivity index (χ4n) is 4.31. The van der Waals surface area contributed by atoms with Crippen molar-refractivity contribution in [1.82, 2.24) is 19.0 Å². The van der Waals surface area contributed by atoms with Gasteiger partial charge >= 0.3 is 5.97 Å². The van der Waals surface area contributed by atoms with Crippen LogP contribution >= 0.6 is 27.7 Å². The van der Waals surface area contributed by atoms with Crippen molar-refractivity contribution in [2.75, 3.05) is 11.8 Å². The van der Waals surface area contributed by atoms with Gasteiger partial charge in [0, 0.05) is 23.2 Å². The van der Waals surface area contributed by atoms with Crippen LogP contribution in [0.3, 0.4) is 0 Å². The van der Waals surface area contributed by atoms with E-state index in [-0.39, 0.29) is 11.3 Å².